The van der Waals surface area contributed by atoms with Crippen molar-refractivity contribution in [1.29, 1.82) is 0 Å². The zero-order valence-electron chi connectivity index (χ0n) is 18.1. The number of carbonyl (C=O) groups excluding carboxylic acids is 1. The number of fused-ring (bicyclic) bond motifs is 1. The highest BCUT2D eigenvalue weighted by atomic mass is 32.2. The third-order valence-electron chi connectivity index (χ3n) is 5.38. The van der Waals surface area contributed by atoms with E-state index < -0.39 is 10.0 Å². The van der Waals surface area contributed by atoms with Crippen LogP contribution in [-0.4, -0.2) is 55.4 Å². The molecule has 0 radical (unpaired) electrons. The Kier molecular flexibility index (Phi) is 6.55. The van der Waals surface area contributed by atoms with E-state index in [2.05, 4.69) is 19.9 Å². The number of aromatic amines is 1. The molecule has 4 rings (SSSR count). The summed E-state index contributed by atoms with van der Waals surface area (Å²) in [4.78, 5) is 18.5. The summed E-state index contributed by atoms with van der Waals surface area (Å²) in [6.45, 7) is 0.742. The number of aromatic nitrogens is 2. The first-order chi connectivity index (χ1) is 15.8. The maximum atomic E-state index is 13.4. The summed E-state index contributed by atoms with van der Waals surface area (Å²) < 4.78 is 40.0. The summed E-state index contributed by atoms with van der Waals surface area (Å²) >= 11 is 0. The van der Waals surface area contributed by atoms with Gasteiger partial charge in [-0.1, -0.05) is 24.3 Å². The fourth-order valence-corrected chi connectivity index (χ4v) is 4.87. The second-order valence-corrected chi connectivity index (χ2v) is 9.44. The van der Waals surface area contributed by atoms with E-state index in [0.717, 1.165) is 12.1 Å². The maximum absolute atomic E-state index is 13.4. The average Bonchev–Trinajstić information content (AvgIpc) is 3.36. The number of nitrogens with one attached hydrogen (secondary N) is 2. The Hall–Kier alpha value is -3.53. The van der Waals surface area contributed by atoms with Crippen molar-refractivity contribution in [2.24, 2.45) is 4.99 Å². The maximum Gasteiger partial charge on any atom is 0.263 e. The van der Waals surface area contributed by atoms with Crippen LogP contribution >= 0.6 is 0 Å². The molecule has 172 valence electrons. The smallest absolute Gasteiger partial charge is 0.263 e. The number of hydrogen-bond donors (Lipinski definition) is 2. The zero-order chi connectivity index (χ0) is 23.4. The number of halogens is 1. The molecule has 0 saturated heterocycles. The third kappa shape index (κ3) is 5.28. The summed E-state index contributed by atoms with van der Waals surface area (Å²) in [7, 11) is -1.85. The SMILES string of the molecule is CN(CCCc1cc(-c2cccc(F)c2)n[nH]1)C(=O)CCN=C1NS(=O)(=O)c2ccccc21. The van der Waals surface area contributed by atoms with Crippen LogP contribution in [0.2, 0.25) is 0 Å². The van der Waals surface area contributed by atoms with Crippen LogP contribution in [-0.2, 0) is 21.2 Å². The van der Waals surface area contributed by atoms with Gasteiger partial charge in [0.05, 0.1) is 17.1 Å². The Bertz CT molecular complexity index is 1300. The van der Waals surface area contributed by atoms with Crippen LogP contribution in [0, 0.1) is 5.82 Å². The summed E-state index contributed by atoms with van der Waals surface area (Å²) in [6, 6.07) is 14.8. The number of benzene rings is 2. The molecule has 33 heavy (non-hydrogen) atoms. The van der Waals surface area contributed by atoms with Crippen LogP contribution in [0.5, 0.6) is 0 Å². The van der Waals surface area contributed by atoms with Crippen molar-refractivity contribution in [3.63, 3.8) is 0 Å². The van der Waals surface area contributed by atoms with Gasteiger partial charge in [0, 0.05) is 36.8 Å². The minimum atomic E-state index is -3.58. The van der Waals surface area contributed by atoms with Crippen LogP contribution in [0.3, 0.4) is 0 Å². The lowest BCUT2D eigenvalue weighted by molar-refractivity contribution is -0.129. The number of nitrogens with zero attached hydrogens (tertiary/aromatic N) is 3. The standard InChI is InChI=1S/C23H24FN5O3S/c1-29(13-5-8-18-15-20(27-26-18)16-6-4-7-17(24)14-16)22(30)11-12-25-23-19-9-2-3-10-21(19)33(31,32)28-23/h2-4,6-7,9-10,14-15H,5,8,11-13H2,1H3,(H,25,28)(H,26,27). The molecule has 3 aromatic rings. The molecule has 0 unspecified atom stereocenters. The number of H-pyrrole nitrogens is 1. The molecule has 1 aliphatic heterocycles. The highest BCUT2D eigenvalue weighted by molar-refractivity contribution is 7.90. The van der Waals surface area contributed by atoms with Crippen LogP contribution in [0.4, 0.5) is 4.39 Å². The molecule has 0 atom stereocenters. The number of carbonyl (C=O) groups is 1. The summed E-state index contributed by atoms with van der Waals surface area (Å²) in [5.41, 5.74) is 2.82. The third-order valence-corrected chi connectivity index (χ3v) is 6.77. The monoisotopic (exact) mass is 469 g/mol. The van der Waals surface area contributed by atoms with Gasteiger partial charge in [-0.2, -0.15) is 5.10 Å². The van der Waals surface area contributed by atoms with Crippen molar-refractivity contribution in [3.8, 4) is 11.3 Å². The van der Waals surface area contributed by atoms with Crippen molar-refractivity contribution in [1.82, 2.24) is 19.8 Å². The first-order valence-electron chi connectivity index (χ1n) is 10.5. The van der Waals surface area contributed by atoms with Gasteiger partial charge in [-0.25, -0.2) is 12.8 Å². The van der Waals surface area contributed by atoms with Crippen LogP contribution in [0.15, 0.2) is 64.5 Å². The Morgan fingerprint density at radius 3 is 2.79 bits per heavy atom. The number of aliphatic imine (C=N–C) groups is 1. The summed E-state index contributed by atoms with van der Waals surface area (Å²) in [6.07, 6.45) is 1.60. The van der Waals surface area contributed by atoms with Crippen molar-refractivity contribution >= 4 is 21.8 Å². The quantitative estimate of drug-likeness (QED) is 0.529. The number of rotatable bonds is 8. The lowest BCUT2D eigenvalue weighted by Crippen LogP contribution is -2.29. The molecular formula is C23H24FN5O3S. The van der Waals surface area contributed by atoms with Gasteiger partial charge in [0.15, 0.2) is 0 Å². The molecule has 2 heterocycles. The lowest BCUT2D eigenvalue weighted by atomic mass is 10.1. The van der Waals surface area contributed by atoms with Gasteiger partial charge in [-0.15, -0.1) is 0 Å². The van der Waals surface area contributed by atoms with Crippen molar-refractivity contribution in [3.05, 3.63) is 71.7 Å². The van der Waals surface area contributed by atoms with Crippen LogP contribution < -0.4 is 4.72 Å². The first kappa shape index (κ1) is 22.7. The highest BCUT2D eigenvalue weighted by Crippen LogP contribution is 2.22. The normalized spacial score (nSPS) is 15.3. The molecule has 10 heteroatoms. The molecule has 2 aromatic carbocycles. The topological polar surface area (TPSA) is 108 Å². The number of hydrogen-bond acceptors (Lipinski definition) is 5. The Morgan fingerprint density at radius 2 is 1.97 bits per heavy atom. The van der Waals surface area contributed by atoms with Crippen molar-refractivity contribution in [2.75, 3.05) is 20.1 Å². The summed E-state index contributed by atoms with van der Waals surface area (Å²) in [5, 5.41) is 7.19. The average molecular weight is 470 g/mol. The van der Waals surface area contributed by atoms with Gasteiger partial charge in [-0.3, -0.25) is 19.6 Å². The molecule has 0 saturated carbocycles. The van der Waals surface area contributed by atoms with E-state index in [1.165, 1.54) is 18.2 Å². The second-order valence-electron chi connectivity index (χ2n) is 7.79. The lowest BCUT2D eigenvalue weighted by Gasteiger charge is -2.16. The predicted octanol–water partition coefficient (Wildman–Crippen LogP) is 2.74. The molecule has 8 nitrogen and oxygen atoms in total. The summed E-state index contributed by atoms with van der Waals surface area (Å²) in [5.74, 6) is -0.107. The van der Waals surface area contributed by atoms with E-state index in [1.54, 1.807) is 42.3 Å². The van der Waals surface area contributed by atoms with Crippen molar-refractivity contribution < 1.29 is 17.6 Å². The van der Waals surface area contributed by atoms with E-state index in [-0.39, 0.29) is 35.4 Å². The predicted molar refractivity (Wildman–Crippen MR) is 123 cm³/mol. The molecule has 0 bridgehead atoms. The van der Waals surface area contributed by atoms with Gasteiger partial charge in [0.25, 0.3) is 10.0 Å². The molecule has 0 aliphatic carbocycles. The number of aryl methyl sites for hydroxylation is 1. The Balaban J connectivity index is 1.24. The van der Waals surface area contributed by atoms with Crippen LogP contribution in [0.1, 0.15) is 24.1 Å². The largest absolute Gasteiger partial charge is 0.346 e. The van der Waals surface area contributed by atoms with Gasteiger partial charge >= 0.3 is 0 Å². The van der Waals surface area contributed by atoms with Gasteiger partial charge in [0.1, 0.15) is 11.7 Å². The Morgan fingerprint density at radius 1 is 1.15 bits per heavy atom. The molecule has 1 amide bonds. The molecule has 0 spiro atoms. The minimum absolute atomic E-state index is 0.0708. The fourth-order valence-electron chi connectivity index (χ4n) is 3.62. The molecule has 1 aliphatic rings. The zero-order valence-corrected chi connectivity index (χ0v) is 18.9. The van der Waals surface area contributed by atoms with E-state index in [4.69, 9.17) is 0 Å². The van der Waals surface area contributed by atoms with E-state index in [9.17, 15) is 17.6 Å². The number of amides is 1. The van der Waals surface area contributed by atoms with Gasteiger partial charge < -0.3 is 4.90 Å². The second kappa shape index (κ2) is 9.53. The van der Waals surface area contributed by atoms with Gasteiger partial charge in [0.2, 0.25) is 5.91 Å². The van der Waals surface area contributed by atoms with E-state index in [0.29, 0.717) is 29.8 Å². The van der Waals surface area contributed by atoms with Crippen LogP contribution in [0.25, 0.3) is 11.3 Å². The van der Waals surface area contributed by atoms with E-state index >= 15 is 0 Å². The number of amidine groups is 1. The molecule has 0 fully saturated rings. The minimum Gasteiger partial charge on any atom is -0.346 e. The molecular weight excluding hydrogens is 445 g/mol. The van der Waals surface area contributed by atoms with Crippen molar-refractivity contribution in [2.45, 2.75) is 24.2 Å². The van der Waals surface area contributed by atoms with E-state index in [1.807, 2.05) is 6.07 Å². The first-order valence-corrected chi connectivity index (χ1v) is 12.0. The Labute approximate surface area is 191 Å². The highest BCUT2D eigenvalue weighted by Gasteiger charge is 2.30. The molecule has 1 aromatic heterocycles. The molecule has 2 N–H and O–H groups in total. The number of sulfonamides is 1. The van der Waals surface area contributed by atoms with Gasteiger partial charge in [-0.05, 0) is 43.2 Å². The fraction of sp³-hybridized carbons (Fsp3) is 0.261.